The number of hydrogen-bond donors (Lipinski definition) is 1. The first kappa shape index (κ1) is 12.7. The average Bonchev–Trinajstić information content (AvgIpc) is 2.71. The molecule has 1 aromatic heterocycles. The number of halogens is 1. The Morgan fingerprint density at radius 3 is 2.79 bits per heavy atom. The summed E-state index contributed by atoms with van der Waals surface area (Å²) in [7, 11) is 0. The van der Waals surface area contributed by atoms with Gasteiger partial charge in [0.1, 0.15) is 5.82 Å². The summed E-state index contributed by atoms with van der Waals surface area (Å²) in [5, 5.41) is 1.06. The Kier molecular flexibility index (Phi) is 2.92. The summed E-state index contributed by atoms with van der Waals surface area (Å²) in [6, 6.07) is 5.37. The van der Waals surface area contributed by atoms with Gasteiger partial charge in [-0.1, -0.05) is 32.9 Å². The lowest BCUT2D eigenvalue weighted by molar-refractivity contribution is 0.169. The maximum Gasteiger partial charge on any atom is 0.147 e. The Bertz CT molecular complexity index is 596. The van der Waals surface area contributed by atoms with Crippen molar-refractivity contribution < 1.29 is 4.39 Å². The van der Waals surface area contributed by atoms with Crippen molar-refractivity contribution in [1.29, 1.82) is 0 Å². The molecule has 1 fully saturated rings. The summed E-state index contributed by atoms with van der Waals surface area (Å²) in [5.74, 6) is 1.15. The van der Waals surface area contributed by atoms with Crippen LogP contribution in [0.5, 0.6) is 0 Å². The largest absolute Gasteiger partial charge is 0.359 e. The Morgan fingerprint density at radius 2 is 2.05 bits per heavy atom. The lowest BCUT2D eigenvalue weighted by Crippen LogP contribution is -2.26. The van der Waals surface area contributed by atoms with Gasteiger partial charge in [-0.15, -0.1) is 0 Å². The average molecular weight is 259 g/mol. The van der Waals surface area contributed by atoms with Crippen molar-refractivity contribution >= 4 is 10.9 Å². The smallest absolute Gasteiger partial charge is 0.147 e. The maximum absolute atomic E-state index is 13.8. The first-order valence-electron chi connectivity index (χ1n) is 7.22. The molecule has 1 N–H and O–H groups in total. The SMILES string of the molecule is CC1CC(c2c[nH]c3c(F)cccc23)CC(C)(C)C1. The molecule has 0 aliphatic heterocycles. The molecule has 3 rings (SSSR count). The summed E-state index contributed by atoms with van der Waals surface area (Å²) >= 11 is 0. The van der Waals surface area contributed by atoms with Crippen LogP contribution in [0.2, 0.25) is 0 Å². The number of fused-ring (bicyclic) bond motifs is 1. The van der Waals surface area contributed by atoms with Crippen molar-refractivity contribution in [3.05, 3.63) is 35.8 Å². The molecule has 1 saturated carbocycles. The molecule has 1 aliphatic carbocycles. The highest BCUT2D eigenvalue weighted by atomic mass is 19.1. The zero-order chi connectivity index (χ0) is 13.6. The van der Waals surface area contributed by atoms with E-state index < -0.39 is 0 Å². The number of benzene rings is 1. The first-order valence-corrected chi connectivity index (χ1v) is 7.22. The molecule has 0 spiro atoms. The van der Waals surface area contributed by atoms with Crippen LogP contribution in [0.1, 0.15) is 51.5 Å². The number of aromatic amines is 1. The zero-order valence-electron chi connectivity index (χ0n) is 12.0. The molecule has 2 heteroatoms. The van der Waals surface area contributed by atoms with Gasteiger partial charge in [0.15, 0.2) is 0 Å². The van der Waals surface area contributed by atoms with E-state index in [0.29, 0.717) is 16.8 Å². The molecule has 19 heavy (non-hydrogen) atoms. The molecule has 0 radical (unpaired) electrons. The van der Waals surface area contributed by atoms with E-state index in [1.807, 2.05) is 18.3 Å². The van der Waals surface area contributed by atoms with Crippen molar-refractivity contribution in [3.63, 3.8) is 0 Å². The normalized spacial score (nSPS) is 26.7. The fourth-order valence-electron chi connectivity index (χ4n) is 4.06. The van der Waals surface area contributed by atoms with Gasteiger partial charge in [0.25, 0.3) is 0 Å². The van der Waals surface area contributed by atoms with Crippen molar-refractivity contribution in [2.45, 2.75) is 46.0 Å². The topological polar surface area (TPSA) is 15.8 Å². The lowest BCUT2D eigenvalue weighted by atomic mass is 9.66. The minimum atomic E-state index is -0.146. The monoisotopic (exact) mass is 259 g/mol. The van der Waals surface area contributed by atoms with Crippen LogP contribution in [-0.4, -0.2) is 4.98 Å². The fourth-order valence-corrected chi connectivity index (χ4v) is 4.06. The Morgan fingerprint density at radius 1 is 1.26 bits per heavy atom. The number of nitrogens with one attached hydrogen (secondary N) is 1. The van der Waals surface area contributed by atoms with E-state index in [-0.39, 0.29) is 5.82 Å². The molecule has 0 bridgehead atoms. The minimum Gasteiger partial charge on any atom is -0.359 e. The molecule has 2 atom stereocenters. The van der Waals surface area contributed by atoms with Gasteiger partial charge in [-0.3, -0.25) is 0 Å². The highest BCUT2D eigenvalue weighted by Gasteiger charge is 2.33. The summed E-state index contributed by atoms with van der Waals surface area (Å²) in [5.41, 5.74) is 2.35. The second kappa shape index (κ2) is 4.36. The van der Waals surface area contributed by atoms with Gasteiger partial charge in [0.05, 0.1) is 5.52 Å². The lowest BCUT2D eigenvalue weighted by Gasteiger charge is -2.39. The van der Waals surface area contributed by atoms with Crippen molar-refractivity contribution in [2.24, 2.45) is 11.3 Å². The molecule has 2 unspecified atom stereocenters. The maximum atomic E-state index is 13.8. The van der Waals surface area contributed by atoms with E-state index in [1.165, 1.54) is 30.9 Å². The Labute approximate surface area is 114 Å². The summed E-state index contributed by atoms with van der Waals surface area (Å²) in [4.78, 5) is 3.12. The van der Waals surface area contributed by atoms with E-state index in [4.69, 9.17) is 0 Å². The van der Waals surface area contributed by atoms with Crippen LogP contribution in [0.3, 0.4) is 0 Å². The van der Waals surface area contributed by atoms with Gasteiger partial charge in [0, 0.05) is 11.6 Å². The predicted molar refractivity (Wildman–Crippen MR) is 77.8 cm³/mol. The number of hydrogen-bond acceptors (Lipinski definition) is 0. The fraction of sp³-hybridized carbons (Fsp3) is 0.529. The predicted octanol–water partition coefficient (Wildman–Crippen LogP) is 5.24. The highest BCUT2D eigenvalue weighted by Crippen LogP contribution is 2.47. The molecular formula is C17H22FN. The van der Waals surface area contributed by atoms with Crippen molar-refractivity contribution in [2.75, 3.05) is 0 Å². The minimum absolute atomic E-state index is 0.146. The van der Waals surface area contributed by atoms with Crippen LogP contribution >= 0.6 is 0 Å². The molecule has 1 heterocycles. The van der Waals surface area contributed by atoms with Crippen LogP contribution in [0.4, 0.5) is 4.39 Å². The number of para-hydroxylation sites is 1. The van der Waals surface area contributed by atoms with E-state index in [2.05, 4.69) is 25.8 Å². The zero-order valence-corrected chi connectivity index (χ0v) is 12.0. The van der Waals surface area contributed by atoms with Gasteiger partial charge < -0.3 is 4.98 Å². The van der Waals surface area contributed by atoms with Crippen LogP contribution in [-0.2, 0) is 0 Å². The van der Waals surface area contributed by atoms with Crippen molar-refractivity contribution in [3.8, 4) is 0 Å². The van der Waals surface area contributed by atoms with Gasteiger partial charge in [-0.05, 0) is 48.1 Å². The number of aromatic nitrogens is 1. The Hall–Kier alpha value is -1.31. The first-order chi connectivity index (χ1) is 8.96. The van der Waals surface area contributed by atoms with Gasteiger partial charge in [-0.2, -0.15) is 0 Å². The van der Waals surface area contributed by atoms with E-state index in [0.717, 1.165) is 11.3 Å². The van der Waals surface area contributed by atoms with E-state index >= 15 is 0 Å². The quantitative estimate of drug-likeness (QED) is 0.721. The van der Waals surface area contributed by atoms with Gasteiger partial charge >= 0.3 is 0 Å². The summed E-state index contributed by atoms with van der Waals surface area (Å²) < 4.78 is 13.8. The molecule has 1 nitrogen and oxygen atoms in total. The molecule has 0 amide bonds. The third-order valence-corrected chi connectivity index (χ3v) is 4.52. The van der Waals surface area contributed by atoms with Crippen molar-refractivity contribution in [1.82, 2.24) is 4.98 Å². The highest BCUT2D eigenvalue weighted by molar-refractivity contribution is 5.84. The van der Waals surface area contributed by atoms with Crippen LogP contribution in [0, 0.1) is 17.2 Å². The van der Waals surface area contributed by atoms with Gasteiger partial charge in [-0.25, -0.2) is 4.39 Å². The third-order valence-electron chi connectivity index (χ3n) is 4.52. The second-order valence-corrected chi connectivity index (χ2v) is 7.02. The number of rotatable bonds is 1. The second-order valence-electron chi connectivity index (χ2n) is 7.02. The number of H-pyrrole nitrogens is 1. The summed E-state index contributed by atoms with van der Waals surface area (Å²) in [6.45, 7) is 7.04. The van der Waals surface area contributed by atoms with E-state index in [1.54, 1.807) is 0 Å². The molecular weight excluding hydrogens is 237 g/mol. The van der Waals surface area contributed by atoms with Crippen LogP contribution in [0.25, 0.3) is 10.9 Å². The molecule has 2 aromatic rings. The molecule has 1 aromatic carbocycles. The van der Waals surface area contributed by atoms with Crippen LogP contribution in [0.15, 0.2) is 24.4 Å². The van der Waals surface area contributed by atoms with Crippen LogP contribution < -0.4 is 0 Å². The van der Waals surface area contributed by atoms with E-state index in [9.17, 15) is 4.39 Å². The standard InChI is InChI=1S/C17H22FN/c1-11-7-12(9-17(2,3)8-11)14-10-19-16-13(14)5-4-6-15(16)18/h4-6,10-12,19H,7-9H2,1-3H3. The molecule has 1 aliphatic rings. The van der Waals surface area contributed by atoms with Gasteiger partial charge in [0.2, 0.25) is 0 Å². The molecule has 0 saturated heterocycles. The Balaban J connectivity index is 2.02. The summed E-state index contributed by atoms with van der Waals surface area (Å²) in [6.07, 6.45) is 5.72. The third kappa shape index (κ3) is 2.29. The molecule has 102 valence electrons.